The SMILES string of the molecule is CCOC(=O)c1c(Cl)nnc(C(F)(F)F)c1C. The Kier molecular flexibility index (Phi) is 3.92. The van der Waals surface area contributed by atoms with Crippen LogP contribution in [-0.4, -0.2) is 22.8 Å². The summed E-state index contributed by atoms with van der Waals surface area (Å²) < 4.78 is 42.1. The molecule has 8 heteroatoms. The van der Waals surface area contributed by atoms with Crippen LogP contribution in [0.4, 0.5) is 13.2 Å². The molecule has 0 aliphatic heterocycles. The first-order chi connectivity index (χ1) is 7.79. The molecule has 4 nitrogen and oxygen atoms in total. The highest BCUT2D eigenvalue weighted by Gasteiger charge is 2.37. The minimum atomic E-state index is -4.69. The van der Waals surface area contributed by atoms with Gasteiger partial charge in [-0.1, -0.05) is 11.6 Å². The van der Waals surface area contributed by atoms with Crippen LogP contribution in [0.5, 0.6) is 0 Å². The number of carbonyl (C=O) groups excluding carboxylic acids is 1. The summed E-state index contributed by atoms with van der Waals surface area (Å²) >= 11 is 5.54. The molecule has 1 aromatic heterocycles. The fourth-order valence-electron chi connectivity index (χ4n) is 1.20. The molecule has 0 aromatic carbocycles. The van der Waals surface area contributed by atoms with Crippen LogP contribution in [0, 0.1) is 6.92 Å². The third-order valence-electron chi connectivity index (χ3n) is 1.92. The maximum Gasteiger partial charge on any atom is 0.435 e. The molecule has 0 saturated heterocycles. The molecule has 0 bridgehead atoms. The lowest BCUT2D eigenvalue weighted by Gasteiger charge is -2.12. The Morgan fingerprint density at radius 1 is 1.41 bits per heavy atom. The first kappa shape index (κ1) is 13.7. The predicted octanol–water partition coefficient (Wildman–Crippen LogP) is 2.63. The third-order valence-corrected chi connectivity index (χ3v) is 2.19. The smallest absolute Gasteiger partial charge is 0.435 e. The molecule has 0 amide bonds. The quantitative estimate of drug-likeness (QED) is 0.774. The van der Waals surface area contributed by atoms with E-state index in [4.69, 9.17) is 11.6 Å². The number of hydrogen-bond donors (Lipinski definition) is 0. The number of hydrogen-bond acceptors (Lipinski definition) is 4. The summed E-state index contributed by atoms with van der Waals surface area (Å²) in [6.45, 7) is 2.65. The minimum absolute atomic E-state index is 0.0261. The van der Waals surface area contributed by atoms with Gasteiger partial charge in [0.15, 0.2) is 10.8 Å². The van der Waals surface area contributed by atoms with Crippen molar-refractivity contribution < 1.29 is 22.7 Å². The molecule has 0 unspecified atom stereocenters. The van der Waals surface area contributed by atoms with Crippen LogP contribution in [0.2, 0.25) is 5.15 Å². The van der Waals surface area contributed by atoms with Gasteiger partial charge in [-0.3, -0.25) is 0 Å². The second-order valence-electron chi connectivity index (χ2n) is 3.06. The second kappa shape index (κ2) is 4.87. The summed E-state index contributed by atoms with van der Waals surface area (Å²) in [7, 11) is 0. The number of nitrogens with zero attached hydrogens (tertiary/aromatic N) is 2. The Bertz CT molecular complexity index is 449. The van der Waals surface area contributed by atoms with Crippen LogP contribution in [0.25, 0.3) is 0 Å². The number of rotatable bonds is 2. The average molecular weight is 269 g/mol. The van der Waals surface area contributed by atoms with E-state index < -0.39 is 34.1 Å². The molecule has 0 aliphatic carbocycles. The van der Waals surface area contributed by atoms with Gasteiger partial charge in [-0.25, -0.2) is 4.79 Å². The molecule has 17 heavy (non-hydrogen) atoms. The molecule has 1 heterocycles. The number of carbonyl (C=O) groups is 1. The van der Waals surface area contributed by atoms with Crippen LogP contribution < -0.4 is 0 Å². The summed E-state index contributed by atoms with van der Waals surface area (Å²) in [4.78, 5) is 11.4. The van der Waals surface area contributed by atoms with Crippen LogP contribution in [0.3, 0.4) is 0 Å². The molecule has 1 aromatic rings. The fourth-order valence-corrected chi connectivity index (χ4v) is 1.46. The van der Waals surface area contributed by atoms with Crippen molar-refractivity contribution in [3.8, 4) is 0 Å². The Balaban J connectivity index is 3.35. The zero-order valence-electron chi connectivity index (χ0n) is 8.93. The van der Waals surface area contributed by atoms with Crippen molar-refractivity contribution in [1.82, 2.24) is 10.2 Å². The largest absolute Gasteiger partial charge is 0.462 e. The van der Waals surface area contributed by atoms with E-state index in [-0.39, 0.29) is 6.61 Å². The fraction of sp³-hybridized carbons (Fsp3) is 0.444. The molecule has 0 radical (unpaired) electrons. The Hall–Kier alpha value is -1.37. The number of esters is 1. The van der Waals surface area contributed by atoms with Gasteiger partial charge in [-0.2, -0.15) is 13.2 Å². The molecule has 94 valence electrons. The second-order valence-corrected chi connectivity index (χ2v) is 3.42. The molecule has 0 N–H and O–H groups in total. The number of ether oxygens (including phenoxy) is 1. The van der Waals surface area contributed by atoms with Crippen molar-refractivity contribution in [3.63, 3.8) is 0 Å². The van der Waals surface area contributed by atoms with Gasteiger partial charge in [-0.05, 0) is 19.4 Å². The van der Waals surface area contributed by atoms with E-state index in [2.05, 4.69) is 14.9 Å². The highest BCUT2D eigenvalue weighted by molar-refractivity contribution is 6.32. The van der Waals surface area contributed by atoms with E-state index in [1.165, 1.54) is 6.92 Å². The van der Waals surface area contributed by atoms with E-state index in [9.17, 15) is 18.0 Å². The standard InChI is InChI=1S/C9H8ClF3N2O2/c1-3-17-8(16)5-4(2)6(9(11,12)13)14-15-7(5)10/h3H2,1-2H3. The third kappa shape index (κ3) is 2.85. The first-order valence-electron chi connectivity index (χ1n) is 4.56. The molecule has 0 fully saturated rings. The maximum atomic E-state index is 12.5. The molecule has 1 rings (SSSR count). The van der Waals surface area contributed by atoms with E-state index >= 15 is 0 Å². The van der Waals surface area contributed by atoms with Crippen molar-refractivity contribution in [1.29, 1.82) is 0 Å². The van der Waals surface area contributed by atoms with Crippen molar-refractivity contribution in [2.45, 2.75) is 20.0 Å². The summed E-state index contributed by atoms with van der Waals surface area (Å²) in [5.74, 6) is -0.949. The van der Waals surface area contributed by atoms with E-state index in [1.807, 2.05) is 0 Å². The lowest BCUT2D eigenvalue weighted by Crippen LogP contribution is -2.17. The zero-order valence-corrected chi connectivity index (χ0v) is 9.69. The van der Waals surface area contributed by atoms with Crippen molar-refractivity contribution in [3.05, 3.63) is 22.0 Å². The molecule has 0 aliphatic rings. The zero-order chi connectivity index (χ0) is 13.2. The van der Waals surface area contributed by atoms with E-state index in [0.29, 0.717) is 0 Å². The van der Waals surface area contributed by atoms with Crippen LogP contribution in [0.1, 0.15) is 28.5 Å². The summed E-state index contributed by atoms with van der Waals surface area (Å²) in [5.41, 5.74) is -2.04. The monoisotopic (exact) mass is 268 g/mol. The number of halogens is 4. The topological polar surface area (TPSA) is 52.1 Å². The van der Waals surface area contributed by atoms with Gasteiger partial charge in [0.2, 0.25) is 0 Å². The Labute approximate surface area is 99.7 Å². The molecular weight excluding hydrogens is 261 g/mol. The van der Waals surface area contributed by atoms with Gasteiger partial charge in [-0.15, -0.1) is 10.2 Å². The van der Waals surface area contributed by atoms with Crippen LogP contribution in [0.15, 0.2) is 0 Å². The van der Waals surface area contributed by atoms with Gasteiger partial charge in [0.05, 0.1) is 6.61 Å². The molecular formula is C9H8ClF3N2O2. The summed E-state index contributed by atoms with van der Waals surface area (Å²) in [6, 6.07) is 0. The maximum absolute atomic E-state index is 12.5. The lowest BCUT2D eigenvalue weighted by molar-refractivity contribution is -0.142. The summed E-state index contributed by atoms with van der Waals surface area (Å²) in [5, 5.41) is 5.63. The number of aromatic nitrogens is 2. The van der Waals surface area contributed by atoms with Crippen LogP contribution >= 0.6 is 11.6 Å². The number of alkyl halides is 3. The van der Waals surface area contributed by atoms with Gasteiger partial charge in [0.1, 0.15) is 5.56 Å². The van der Waals surface area contributed by atoms with Gasteiger partial charge >= 0.3 is 12.1 Å². The Morgan fingerprint density at radius 2 is 2.00 bits per heavy atom. The van der Waals surface area contributed by atoms with Crippen molar-refractivity contribution in [2.24, 2.45) is 0 Å². The molecule has 0 atom stereocenters. The van der Waals surface area contributed by atoms with Crippen molar-refractivity contribution in [2.75, 3.05) is 6.61 Å². The van der Waals surface area contributed by atoms with Gasteiger partial charge < -0.3 is 4.74 Å². The van der Waals surface area contributed by atoms with Gasteiger partial charge in [0, 0.05) is 0 Å². The highest BCUT2D eigenvalue weighted by Crippen LogP contribution is 2.32. The summed E-state index contributed by atoms with van der Waals surface area (Å²) in [6.07, 6.45) is -4.69. The highest BCUT2D eigenvalue weighted by atomic mass is 35.5. The average Bonchev–Trinajstić information content (AvgIpc) is 2.15. The predicted molar refractivity (Wildman–Crippen MR) is 52.7 cm³/mol. The van der Waals surface area contributed by atoms with Gasteiger partial charge in [0.25, 0.3) is 0 Å². The lowest BCUT2D eigenvalue weighted by atomic mass is 10.1. The van der Waals surface area contributed by atoms with Crippen molar-refractivity contribution >= 4 is 17.6 Å². The van der Waals surface area contributed by atoms with E-state index in [0.717, 1.165) is 6.92 Å². The first-order valence-corrected chi connectivity index (χ1v) is 4.94. The Morgan fingerprint density at radius 3 is 2.47 bits per heavy atom. The molecule has 0 saturated carbocycles. The molecule has 0 spiro atoms. The van der Waals surface area contributed by atoms with Crippen LogP contribution in [-0.2, 0) is 10.9 Å². The van der Waals surface area contributed by atoms with E-state index in [1.54, 1.807) is 0 Å². The normalized spacial score (nSPS) is 11.4. The minimum Gasteiger partial charge on any atom is -0.462 e.